The molecule has 0 spiro atoms. The minimum atomic E-state index is -0.372. The van der Waals surface area contributed by atoms with E-state index < -0.39 is 0 Å². The first-order valence-corrected chi connectivity index (χ1v) is 5.45. The zero-order valence-electron chi connectivity index (χ0n) is 8.12. The summed E-state index contributed by atoms with van der Waals surface area (Å²) >= 11 is 11.4. The Morgan fingerprint density at radius 2 is 2.06 bits per heavy atom. The van der Waals surface area contributed by atoms with Crippen molar-refractivity contribution < 1.29 is 4.39 Å². The van der Waals surface area contributed by atoms with Crippen molar-refractivity contribution in [3.05, 3.63) is 47.1 Å². The van der Waals surface area contributed by atoms with E-state index in [0.29, 0.717) is 22.1 Å². The fourth-order valence-electron chi connectivity index (χ4n) is 1.31. The minimum absolute atomic E-state index is 0.191. The first-order chi connectivity index (χ1) is 7.70. The summed E-state index contributed by atoms with van der Waals surface area (Å²) in [5, 5.41) is 0.461. The summed E-state index contributed by atoms with van der Waals surface area (Å²) in [6.07, 6.45) is 1.54. The van der Waals surface area contributed by atoms with E-state index in [0.717, 1.165) is 0 Å². The highest BCUT2D eigenvalue weighted by atomic mass is 35.5. The Labute approximate surface area is 102 Å². The predicted octanol–water partition coefficient (Wildman–Crippen LogP) is 3.67. The highest BCUT2D eigenvalue weighted by Gasteiger charge is 2.08. The second-order valence-corrected chi connectivity index (χ2v) is 3.82. The summed E-state index contributed by atoms with van der Waals surface area (Å²) in [7, 11) is 0. The Bertz CT molecular complexity index is 517. The molecule has 0 amide bonds. The van der Waals surface area contributed by atoms with E-state index in [1.807, 2.05) is 0 Å². The van der Waals surface area contributed by atoms with Crippen molar-refractivity contribution in [1.82, 2.24) is 9.97 Å². The Balaban J connectivity index is 2.53. The fourth-order valence-corrected chi connectivity index (χ4v) is 1.61. The van der Waals surface area contributed by atoms with Crippen LogP contribution >= 0.6 is 23.2 Å². The number of hydrogen-bond acceptors (Lipinski definition) is 2. The van der Waals surface area contributed by atoms with Gasteiger partial charge in [-0.3, -0.25) is 0 Å². The van der Waals surface area contributed by atoms with Gasteiger partial charge >= 0.3 is 0 Å². The van der Waals surface area contributed by atoms with Gasteiger partial charge in [0.1, 0.15) is 11.6 Å². The summed E-state index contributed by atoms with van der Waals surface area (Å²) in [6, 6.07) is 5.94. The van der Waals surface area contributed by atoms with Gasteiger partial charge in [-0.25, -0.2) is 14.4 Å². The van der Waals surface area contributed by atoms with E-state index in [1.54, 1.807) is 12.3 Å². The number of aromatic nitrogens is 2. The number of benzene rings is 1. The molecule has 0 bridgehead atoms. The molecular formula is C11H7Cl2FN2. The number of hydrogen-bond donors (Lipinski definition) is 0. The largest absolute Gasteiger partial charge is 0.240 e. The molecule has 0 aliphatic heterocycles. The summed E-state index contributed by atoms with van der Waals surface area (Å²) < 4.78 is 13.5. The van der Waals surface area contributed by atoms with Crippen LogP contribution in [0.4, 0.5) is 4.39 Å². The molecule has 5 heteroatoms. The summed E-state index contributed by atoms with van der Waals surface area (Å²) in [4.78, 5) is 8.06. The van der Waals surface area contributed by atoms with Crippen molar-refractivity contribution in [2.45, 2.75) is 5.88 Å². The van der Waals surface area contributed by atoms with Gasteiger partial charge in [0.2, 0.25) is 0 Å². The van der Waals surface area contributed by atoms with E-state index >= 15 is 0 Å². The summed E-state index contributed by atoms with van der Waals surface area (Å²) in [6.45, 7) is 0. The maximum Gasteiger partial charge on any atom is 0.143 e. The van der Waals surface area contributed by atoms with Crippen LogP contribution < -0.4 is 0 Å². The molecular weight excluding hydrogens is 250 g/mol. The lowest BCUT2D eigenvalue weighted by molar-refractivity contribution is 0.630. The molecule has 0 radical (unpaired) electrons. The van der Waals surface area contributed by atoms with E-state index in [2.05, 4.69) is 9.97 Å². The van der Waals surface area contributed by atoms with E-state index in [-0.39, 0.29) is 11.7 Å². The van der Waals surface area contributed by atoms with Crippen LogP contribution in [0.25, 0.3) is 11.3 Å². The smallest absolute Gasteiger partial charge is 0.143 e. The zero-order chi connectivity index (χ0) is 11.5. The van der Waals surface area contributed by atoms with E-state index in [9.17, 15) is 4.39 Å². The van der Waals surface area contributed by atoms with Gasteiger partial charge in [-0.15, -0.1) is 11.6 Å². The van der Waals surface area contributed by atoms with Crippen molar-refractivity contribution in [2.75, 3.05) is 0 Å². The molecule has 2 rings (SSSR count). The van der Waals surface area contributed by atoms with Gasteiger partial charge in [0.15, 0.2) is 0 Å². The number of nitrogens with zero attached hydrogens (tertiary/aromatic N) is 2. The molecule has 0 saturated carbocycles. The molecule has 0 atom stereocenters. The van der Waals surface area contributed by atoms with Crippen LogP contribution in [0.2, 0.25) is 5.02 Å². The molecule has 1 aromatic heterocycles. The third kappa shape index (κ3) is 2.31. The van der Waals surface area contributed by atoms with Crippen molar-refractivity contribution in [2.24, 2.45) is 0 Å². The molecule has 2 aromatic rings. The van der Waals surface area contributed by atoms with Crippen molar-refractivity contribution >= 4 is 23.2 Å². The normalized spacial score (nSPS) is 10.4. The Kier molecular flexibility index (Phi) is 3.36. The average molecular weight is 257 g/mol. The topological polar surface area (TPSA) is 25.8 Å². The molecule has 0 N–H and O–H groups in total. The molecule has 0 fully saturated rings. The molecule has 16 heavy (non-hydrogen) atoms. The van der Waals surface area contributed by atoms with Gasteiger partial charge in [-0.1, -0.05) is 11.6 Å². The highest BCUT2D eigenvalue weighted by molar-refractivity contribution is 6.30. The average Bonchev–Trinajstić information content (AvgIpc) is 2.32. The molecule has 1 aromatic carbocycles. The molecule has 0 aliphatic rings. The van der Waals surface area contributed by atoms with Crippen LogP contribution in [-0.2, 0) is 5.88 Å². The van der Waals surface area contributed by atoms with Crippen LogP contribution in [0.5, 0.6) is 0 Å². The summed E-state index contributed by atoms with van der Waals surface area (Å²) in [5.74, 6) is 0.276. The minimum Gasteiger partial charge on any atom is -0.240 e. The van der Waals surface area contributed by atoms with E-state index in [4.69, 9.17) is 23.2 Å². The molecule has 0 unspecified atom stereocenters. The SMILES string of the molecule is Fc1ccc(Cl)cc1-c1ccnc(CCl)n1. The lowest BCUT2D eigenvalue weighted by Crippen LogP contribution is -1.94. The Morgan fingerprint density at radius 1 is 1.25 bits per heavy atom. The molecule has 82 valence electrons. The fraction of sp³-hybridized carbons (Fsp3) is 0.0909. The number of halogens is 3. The first kappa shape index (κ1) is 11.3. The number of rotatable bonds is 2. The van der Waals surface area contributed by atoms with Gasteiger partial charge in [0.25, 0.3) is 0 Å². The third-order valence-electron chi connectivity index (χ3n) is 2.03. The maximum absolute atomic E-state index is 13.5. The van der Waals surface area contributed by atoms with Crippen molar-refractivity contribution in [3.8, 4) is 11.3 Å². The lowest BCUT2D eigenvalue weighted by atomic mass is 10.1. The summed E-state index contributed by atoms with van der Waals surface area (Å²) in [5.41, 5.74) is 0.826. The quantitative estimate of drug-likeness (QED) is 0.767. The first-order valence-electron chi connectivity index (χ1n) is 4.54. The van der Waals surface area contributed by atoms with E-state index in [1.165, 1.54) is 18.2 Å². The maximum atomic E-state index is 13.5. The van der Waals surface area contributed by atoms with Crippen LogP contribution in [-0.4, -0.2) is 9.97 Å². The second kappa shape index (κ2) is 4.76. The van der Waals surface area contributed by atoms with Gasteiger partial charge < -0.3 is 0 Å². The molecule has 0 aliphatic carbocycles. The van der Waals surface area contributed by atoms with Gasteiger partial charge in [0.05, 0.1) is 11.6 Å². The Hall–Kier alpha value is -1.19. The van der Waals surface area contributed by atoms with Crippen molar-refractivity contribution in [1.29, 1.82) is 0 Å². The standard InChI is InChI=1S/C11H7Cl2FN2/c12-6-11-15-4-3-10(16-11)8-5-7(13)1-2-9(8)14/h1-5H,6H2. The molecule has 1 heterocycles. The van der Waals surface area contributed by atoms with Crippen LogP contribution in [0.15, 0.2) is 30.5 Å². The van der Waals surface area contributed by atoms with Gasteiger partial charge in [-0.05, 0) is 24.3 Å². The van der Waals surface area contributed by atoms with Crippen LogP contribution in [0.3, 0.4) is 0 Å². The monoisotopic (exact) mass is 256 g/mol. The van der Waals surface area contributed by atoms with Crippen molar-refractivity contribution in [3.63, 3.8) is 0 Å². The van der Waals surface area contributed by atoms with Gasteiger partial charge in [0, 0.05) is 16.8 Å². The van der Waals surface area contributed by atoms with Crippen LogP contribution in [0, 0.1) is 5.82 Å². The second-order valence-electron chi connectivity index (χ2n) is 3.12. The number of alkyl halides is 1. The predicted molar refractivity (Wildman–Crippen MR) is 62.0 cm³/mol. The van der Waals surface area contributed by atoms with Crippen LogP contribution in [0.1, 0.15) is 5.82 Å². The third-order valence-corrected chi connectivity index (χ3v) is 2.50. The highest BCUT2D eigenvalue weighted by Crippen LogP contribution is 2.24. The lowest BCUT2D eigenvalue weighted by Gasteiger charge is -2.04. The molecule has 0 saturated heterocycles. The Morgan fingerprint density at radius 3 is 2.81 bits per heavy atom. The van der Waals surface area contributed by atoms with Gasteiger partial charge in [-0.2, -0.15) is 0 Å². The molecule has 2 nitrogen and oxygen atoms in total. The zero-order valence-corrected chi connectivity index (χ0v) is 9.63.